The van der Waals surface area contributed by atoms with Crippen LogP contribution < -0.4 is 10.6 Å². The molecule has 1 aromatic rings. The van der Waals surface area contributed by atoms with Crippen LogP contribution in [0, 0.1) is 6.92 Å². The molecular formula is C9H10F3N3O2S. The second-order valence-electron chi connectivity index (χ2n) is 3.48. The summed E-state index contributed by atoms with van der Waals surface area (Å²) in [5.41, 5.74) is 0.683. The minimum atomic E-state index is -5.01. The molecule has 9 heteroatoms. The van der Waals surface area contributed by atoms with E-state index in [9.17, 15) is 22.8 Å². The summed E-state index contributed by atoms with van der Waals surface area (Å²) in [5, 5.41) is 5.80. The van der Waals surface area contributed by atoms with Gasteiger partial charge in [0.25, 0.3) is 0 Å². The Balaban J connectivity index is 2.54. The Labute approximate surface area is 104 Å². The number of aryl methyl sites for hydroxylation is 1. The zero-order valence-electron chi connectivity index (χ0n) is 9.46. The van der Waals surface area contributed by atoms with Crippen LogP contribution in [0.15, 0.2) is 5.38 Å². The molecule has 5 nitrogen and oxygen atoms in total. The van der Waals surface area contributed by atoms with Gasteiger partial charge in [0.1, 0.15) is 6.04 Å². The van der Waals surface area contributed by atoms with E-state index in [0.29, 0.717) is 5.69 Å². The maximum atomic E-state index is 11.9. The van der Waals surface area contributed by atoms with E-state index in [0.717, 1.165) is 18.3 Å². The molecule has 0 unspecified atom stereocenters. The number of rotatable bonds is 3. The van der Waals surface area contributed by atoms with E-state index in [-0.39, 0.29) is 5.13 Å². The smallest absolute Gasteiger partial charge is 0.337 e. The number of carbonyl (C=O) groups excluding carboxylic acids is 2. The zero-order chi connectivity index (χ0) is 13.9. The molecule has 0 aliphatic rings. The van der Waals surface area contributed by atoms with Crippen molar-refractivity contribution in [2.75, 3.05) is 5.32 Å². The summed E-state index contributed by atoms with van der Waals surface area (Å²) in [5.74, 6) is -2.91. The minimum Gasteiger partial charge on any atom is -0.337 e. The fourth-order valence-electron chi connectivity index (χ4n) is 0.969. The van der Waals surface area contributed by atoms with Crippen LogP contribution >= 0.6 is 11.3 Å². The Kier molecular flexibility index (Phi) is 4.28. The van der Waals surface area contributed by atoms with Gasteiger partial charge in [-0.1, -0.05) is 0 Å². The molecule has 18 heavy (non-hydrogen) atoms. The molecule has 0 aliphatic heterocycles. The van der Waals surface area contributed by atoms with Gasteiger partial charge >= 0.3 is 12.1 Å². The Morgan fingerprint density at radius 3 is 2.50 bits per heavy atom. The number of anilines is 1. The van der Waals surface area contributed by atoms with Gasteiger partial charge in [-0.05, 0) is 13.8 Å². The van der Waals surface area contributed by atoms with Crippen molar-refractivity contribution in [1.29, 1.82) is 0 Å². The maximum Gasteiger partial charge on any atom is 0.471 e. The SMILES string of the molecule is Cc1csc(NC(=O)[C@@H](C)NC(=O)C(F)(F)F)n1. The van der Waals surface area contributed by atoms with E-state index >= 15 is 0 Å². The van der Waals surface area contributed by atoms with Crippen molar-refractivity contribution in [1.82, 2.24) is 10.3 Å². The quantitative estimate of drug-likeness (QED) is 0.881. The van der Waals surface area contributed by atoms with E-state index in [1.807, 2.05) is 0 Å². The molecule has 1 atom stereocenters. The number of nitrogens with one attached hydrogen (secondary N) is 2. The highest BCUT2D eigenvalue weighted by molar-refractivity contribution is 7.13. The average Bonchev–Trinajstić information content (AvgIpc) is 2.62. The van der Waals surface area contributed by atoms with Crippen LogP contribution in [-0.2, 0) is 9.59 Å². The Hall–Kier alpha value is -1.64. The van der Waals surface area contributed by atoms with Crippen molar-refractivity contribution in [3.63, 3.8) is 0 Å². The molecule has 0 aromatic carbocycles. The molecule has 0 bridgehead atoms. The maximum absolute atomic E-state index is 11.9. The van der Waals surface area contributed by atoms with E-state index in [1.54, 1.807) is 17.6 Å². The molecule has 0 spiro atoms. The molecule has 0 aliphatic carbocycles. The van der Waals surface area contributed by atoms with Crippen LogP contribution in [-0.4, -0.2) is 29.0 Å². The number of carbonyl (C=O) groups is 2. The normalized spacial score (nSPS) is 12.9. The Morgan fingerprint density at radius 1 is 1.44 bits per heavy atom. The van der Waals surface area contributed by atoms with Crippen LogP contribution in [0.2, 0.25) is 0 Å². The van der Waals surface area contributed by atoms with Gasteiger partial charge in [-0.3, -0.25) is 9.59 Å². The third-order valence-electron chi connectivity index (χ3n) is 1.85. The first-order chi connectivity index (χ1) is 8.20. The zero-order valence-corrected chi connectivity index (χ0v) is 10.3. The summed E-state index contributed by atoms with van der Waals surface area (Å²) in [6.45, 7) is 2.86. The lowest BCUT2D eigenvalue weighted by Gasteiger charge is -2.14. The fourth-order valence-corrected chi connectivity index (χ4v) is 1.66. The van der Waals surface area contributed by atoms with Crippen molar-refractivity contribution in [2.45, 2.75) is 26.1 Å². The van der Waals surface area contributed by atoms with Gasteiger partial charge in [-0.25, -0.2) is 4.98 Å². The number of aromatic nitrogens is 1. The van der Waals surface area contributed by atoms with Gasteiger partial charge in [-0.2, -0.15) is 13.2 Å². The van der Waals surface area contributed by atoms with E-state index < -0.39 is 24.0 Å². The number of amides is 2. The number of halogens is 3. The largest absolute Gasteiger partial charge is 0.471 e. The van der Waals surface area contributed by atoms with Gasteiger partial charge in [0.15, 0.2) is 5.13 Å². The van der Waals surface area contributed by atoms with Crippen molar-refractivity contribution >= 4 is 28.3 Å². The molecule has 0 saturated carbocycles. The van der Waals surface area contributed by atoms with Gasteiger partial charge in [-0.15, -0.1) is 11.3 Å². The first-order valence-corrected chi connectivity index (χ1v) is 5.69. The Bertz CT molecular complexity index is 458. The van der Waals surface area contributed by atoms with E-state index in [4.69, 9.17) is 0 Å². The van der Waals surface area contributed by atoms with Crippen molar-refractivity contribution in [2.24, 2.45) is 0 Å². The van der Waals surface area contributed by atoms with E-state index in [2.05, 4.69) is 10.3 Å². The van der Waals surface area contributed by atoms with Crippen molar-refractivity contribution in [3.8, 4) is 0 Å². The summed E-state index contributed by atoms with van der Waals surface area (Å²) in [6, 6.07) is -1.30. The van der Waals surface area contributed by atoms with Crippen molar-refractivity contribution < 1.29 is 22.8 Å². The lowest BCUT2D eigenvalue weighted by Crippen LogP contribution is -2.47. The monoisotopic (exact) mass is 281 g/mol. The number of nitrogens with zero attached hydrogens (tertiary/aromatic N) is 1. The van der Waals surface area contributed by atoms with E-state index in [1.165, 1.54) is 0 Å². The molecular weight excluding hydrogens is 271 g/mol. The van der Waals surface area contributed by atoms with Gasteiger partial charge in [0, 0.05) is 5.38 Å². The molecule has 0 fully saturated rings. The summed E-state index contributed by atoms with van der Waals surface area (Å²) < 4.78 is 35.8. The lowest BCUT2D eigenvalue weighted by atomic mass is 10.3. The number of alkyl halides is 3. The summed E-state index contributed by atoms with van der Waals surface area (Å²) in [4.78, 5) is 26.0. The highest BCUT2D eigenvalue weighted by atomic mass is 32.1. The molecule has 0 radical (unpaired) electrons. The second-order valence-corrected chi connectivity index (χ2v) is 4.33. The average molecular weight is 281 g/mol. The molecule has 1 heterocycles. The molecule has 100 valence electrons. The lowest BCUT2D eigenvalue weighted by molar-refractivity contribution is -0.174. The minimum absolute atomic E-state index is 0.269. The molecule has 2 amide bonds. The summed E-state index contributed by atoms with van der Waals surface area (Å²) in [6.07, 6.45) is -5.01. The third kappa shape index (κ3) is 3.99. The molecule has 0 saturated heterocycles. The topological polar surface area (TPSA) is 71.1 Å². The van der Waals surface area contributed by atoms with Crippen molar-refractivity contribution in [3.05, 3.63) is 11.1 Å². The molecule has 2 N–H and O–H groups in total. The van der Waals surface area contributed by atoms with Crippen LogP contribution in [0.1, 0.15) is 12.6 Å². The predicted molar refractivity (Wildman–Crippen MR) is 59.1 cm³/mol. The van der Waals surface area contributed by atoms with Gasteiger partial charge in [0.2, 0.25) is 5.91 Å². The van der Waals surface area contributed by atoms with Gasteiger partial charge < -0.3 is 10.6 Å². The first kappa shape index (κ1) is 14.4. The molecule has 1 aromatic heterocycles. The van der Waals surface area contributed by atoms with Crippen LogP contribution in [0.25, 0.3) is 0 Å². The standard InChI is InChI=1S/C9H10F3N3O2S/c1-4-3-18-8(13-4)15-6(16)5(2)14-7(17)9(10,11)12/h3,5H,1-2H3,(H,14,17)(H,13,15,16)/t5-/m1/s1. The number of thiazole rings is 1. The third-order valence-corrected chi connectivity index (χ3v) is 2.72. The fraction of sp³-hybridized carbons (Fsp3) is 0.444. The summed E-state index contributed by atoms with van der Waals surface area (Å²) >= 11 is 1.14. The highest BCUT2D eigenvalue weighted by Crippen LogP contribution is 2.16. The highest BCUT2D eigenvalue weighted by Gasteiger charge is 2.40. The van der Waals surface area contributed by atoms with Crippen LogP contribution in [0.3, 0.4) is 0 Å². The summed E-state index contributed by atoms with van der Waals surface area (Å²) in [7, 11) is 0. The van der Waals surface area contributed by atoms with Crippen LogP contribution in [0.4, 0.5) is 18.3 Å². The second kappa shape index (κ2) is 5.34. The van der Waals surface area contributed by atoms with Crippen LogP contribution in [0.5, 0.6) is 0 Å². The first-order valence-electron chi connectivity index (χ1n) is 4.81. The van der Waals surface area contributed by atoms with Gasteiger partial charge in [0.05, 0.1) is 5.69 Å². The Morgan fingerprint density at radius 2 is 2.06 bits per heavy atom. The molecule has 1 rings (SSSR count). The number of hydrogen-bond acceptors (Lipinski definition) is 4. The number of hydrogen-bond donors (Lipinski definition) is 2. The predicted octanol–water partition coefficient (Wildman–Crippen LogP) is 1.46.